The molecule has 0 aromatic carbocycles. The fourth-order valence-corrected chi connectivity index (χ4v) is 1.55. The van der Waals surface area contributed by atoms with Crippen LogP contribution in [0.15, 0.2) is 49.2 Å². The highest BCUT2D eigenvalue weighted by molar-refractivity contribution is 5.92. The monoisotopic (exact) mass is 247 g/mol. The van der Waals surface area contributed by atoms with Crippen molar-refractivity contribution in [2.24, 2.45) is 0 Å². The van der Waals surface area contributed by atoms with Gasteiger partial charge in [-0.1, -0.05) is 31.4 Å². The third-order valence-corrected chi connectivity index (χ3v) is 2.56. The smallest absolute Gasteiger partial charge is 0.414 e. The van der Waals surface area contributed by atoms with E-state index in [9.17, 15) is 9.59 Å². The summed E-state index contributed by atoms with van der Waals surface area (Å²) in [6.45, 7) is 9.12. The molecule has 0 N–H and O–H groups in total. The van der Waals surface area contributed by atoms with Crippen LogP contribution >= 0.6 is 0 Å². The van der Waals surface area contributed by atoms with E-state index >= 15 is 0 Å². The Labute approximate surface area is 107 Å². The summed E-state index contributed by atoms with van der Waals surface area (Å²) < 4.78 is 5.13. The largest absolute Gasteiger partial charge is 0.444 e. The molecule has 0 saturated carbocycles. The Morgan fingerprint density at radius 1 is 1.61 bits per heavy atom. The molecule has 1 atom stereocenters. The van der Waals surface area contributed by atoms with Gasteiger partial charge in [-0.15, -0.1) is 0 Å². The number of hydrogen-bond donors (Lipinski definition) is 0. The van der Waals surface area contributed by atoms with Crippen molar-refractivity contribution < 1.29 is 14.3 Å². The van der Waals surface area contributed by atoms with Crippen LogP contribution in [-0.4, -0.2) is 29.4 Å². The number of amides is 1. The van der Waals surface area contributed by atoms with Crippen molar-refractivity contribution in [3.05, 3.63) is 49.2 Å². The molecule has 18 heavy (non-hydrogen) atoms. The predicted octanol–water partition coefficient (Wildman–Crippen LogP) is 2.60. The van der Waals surface area contributed by atoms with Gasteiger partial charge < -0.3 is 4.74 Å². The first kappa shape index (κ1) is 14.0. The van der Waals surface area contributed by atoms with Gasteiger partial charge in [0.15, 0.2) is 5.78 Å². The third-order valence-electron chi connectivity index (χ3n) is 2.56. The number of ether oxygens (including phenoxy) is 1. The van der Waals surface area contributed by atoms with Crippen molar-refractivity contribution in [2.45, 2.75) is 19.4 Å². The summed E-state index contributed by atoms with van der Waals surface area (Å²) in [5.41, 5.74) is 0.767. The molecule has 0 spiro atoms. The zero-order valence-corrected chi connectivity index (χ0v) is 10.5. The Kier molecular flexibility index (Phi) is 5.11. The summed E-state index contributed by atoms with van der Waals surface area (Å²) in [5.74, 6) is 0.0184. The van der Waals surface area contributed by atoms with E-state index in [0.29, 0.717) is 6.42 Å². The van der Waals surface area contributed by atoms with Crippen LogP contribution in [0.1, 0.15) is 13.3 Å². The number of hydrogen-bond acceptors (Lipinski definition) is 3. The second-order valence-electron chi connectivity index (χ2n) is 3.98. The van der Waals surface area contributed by atoms with Crippen LogP contribution in [0.3, 0.4) is 0 Å². The summed E-state index contributed by atoms with van der Waals surface area (Å²) in [4.78, 5) is 24.3. The van der Waals surface area contributed by atoms with Gasteiger partial charge in [-0.05, 0) is 18.6 Å². The first-order chi connectivity index (χ1) is 8.58. The maximum atomic E-state index is 11.8. The van der Waals surface area contributed by atoms with Crippen molar-refractivity contribution in [2.75, 3.05) is 6.61 Å². The maximum absolute atomic E-state index is 11.8. The fourth-order valence-electron chi connectivity index (χ4n) is 1.55. The number of rotatable bonds is 4. The average molecular weight is 247 g/mol. The zero-order valence-electron chi connectivity index (χ0n) is 10.5. The topological polar surface area (TPSA) is 46.6 Å². The fraction of sp³-hybridized carbons (Fsp3) is 0.286. The molecule has 4 heteroatoms. The quantitative estimate of drug-likeness (QED) is 0.717. The van der Waals surface area contributed by atoms with E-state index in [1.807, 2.05) is 0 Å². The molecule has 0 fully saturated rings. The molecule has 0 aromatic heterocycles. The number of carbonyl (C=O) groups excluding carboxylic acids is 2. The van der Waals surface area contributed by atoms with Gasteiger partial charge in [0, 0.05) is 18.7 Å². The minimum Gasteiger partial charge on any atom is -0.444 e. The molecule has 0 saturated heterocycles. The van der Waals surface area contributed by atoms with Crippen molar-refractivity contribution in [3.8, 4) is 0 Å². The molecule has 0 radical (unpaired) electrons. The summed E-state index contributed by atoms with van der Waals surface area (Å²) in [6, 6.07) is -0.175. The van der Waals surface area contributed by atoms with E-state index in [1.165, 1.54) is 17.2 Å². The summed E-state index contributed by atoms with van der Waals surface area (Å²) in [7, 11) is 0. The molecule has 0 bridgehead atoms. The molecule has 1 aliphatic rings. The minimum atomic E-state index is -0.469. The highest BCUT2D eigenvalue weighted by Gasteiger charge is 2.24. The Morgan fingerprint density at radius 3 is 2.89 bits per heavy atom. The molecule has 1 amide bonds. The van der Waals surface area contributed by atoms with E-state index in [1.54, 1.807) is 25.2 Å². The normalized spacial score (nSPS) is 19.6. The molecule has 1 heterocycles. The van der Waals surface area contributed by atoms with E-state index in [0.717, 1.165) is 5.57 Å². The number of allylic oxidation sites excluding steroid dienone is 3. The first-order valence-corrected chi connectivity index (χ1v) is 5.68. The van der Waals surface area contributed by atoms with Crippen LogP contribution in [0.25, 0.3) is 0 Å². The lowest BCUT2D eigenvalue weighted by molar-refractivity contribution is -0.116. The minimum absolute atomic E-state index is 0.0184. The average Bonchev–Trinajstić information content (AvgIpc) is 2.34. The molecule has 1 aliphatic heterocycles. The third kappa shape index (κ3) is 3.73. The molecule has 0 aliphatic carbocycles. The van der Waals surface area contributed by atoms with Gasteiger partial charge in [-0.25, -0.2) is 4.79 Å². The SMILES string of the molecule is C=C/C=C(\C=C)COC(=O)N1C=CC(=O)CC1C. The van der Waals surface area contributed by atoms with Crippen molar-refractivity contribution in [1.82, 2.24) is 4.90 Å². The van der Waals surface area contributed by atoms with Gasteiger partial charge in [0.25, 0.3) is 0 Å². The molecule has 0 aromatic rings. The molecular formula is C14H17NO3. The van der Waals surface area contributed by atoms with Gasteiger partial charge in [0.2, 0.25) is 0 Å². The van der Waals surface area contributed by atoms with Crippen LogP contribution < -0.4 is 0 Å². The van der Waals surface area contributed by atoms with Gasteiger partial charge >= 0.3 is 6.09 Å². The van der Waals surface area contributed by atoms with Crippen molar-refractivity contribution in [1.29, 1.82) is 0 Å². The number of nitrogens with zero attached hydrogens (tertiary/aromatic N) is 1. The summed E-state index contributed by atoms with van der Waals surface area (Å²) in [5, 5.41) is 0. The van der Waals surface area contributed by atoms with Gasteiger partial charge in [-0.3, -0.25) is 9.69 Å². The Bertz CT molecular complexity index is 421. The second-order valence-corrected chi connectivity index (χ2v) is 3.98. The lowest BCUT2D eigenvalue weighted by Crippen LogP contribution is -2.38. The van der Waals surface area contributed by atoms with Crippen molar-refractivity contribution >= 4 is 11.9 Å². The number of ketones is 1. The van der Waals surface area contributed by atoms with Crippen LogP contribution in [-0.2, 0) is 9.53 Å². The highest BCUT2D eigenvalue weighted by Crippen LogP contribution is 2.13. The van der Waals surface area contributed by atoms with E-state index in [2.05, 4.69) is 13.2 Å². The molecular weight excluding hydrogens is 230 g/mol. The maximum Gasteiger partial charge on any atom is 0.414 e. The lowest BCUT2D eigenvalue weighted by atomic mass is 10.1. The molecule has 1 rings (SSSR count). The Morgan fingerprint density at radius 2 is 2.33 bits per heavy atom. The zero-order chi connectivity index (χ0) is 13.5. The van der Waals surface area contributed by atoms with Crippen LogP contribution in [0, 0.1) is 0 Å². The van der Waals surface area contributed by atoms with Crippen LogP contribution in [0.5, 0.6) is 0 Å². The summed E-state index contributed by atoms with van der Waals surface area (Å²) in [6.07, 6.45) is 7.63. The second kappa shape index (κ2) is 6.59. The van der Waals surface area contributed by atoms with E-state index in [4.69, 9.17) is 4.74 Å². The van der Waals surface area contributed by atoms with Crippen molar-refractivity contribution in [3.63, 3.8) is 0 Å². The Hall–Kier alpha value is -2.10. The first-order valence-electron chi connectivity index (χ1n) is 5.68. The highest BCUT2D eigenvalue weighted by atomic mass is 16.6. The molecule has 1 unspecified atom stereocenters. The summed E-state index contributed by atoms with van der Waals surface area (Å²) >= 11 is 0. The van der Waals surface area contributed by atoms with Gasteiger partial charge in [0.05, 0.1) is 0 Å². The van der Waals surface area contributed by atoms with Crippen LogP contribution in [0.2, 0.25) is 0 Å². The van der Waals surface area contributed by atoms with E-state index in [-0.39, 0.29) is 18.4 Å². The number of carbonyl (C=O) groups is 2. The lowest BCUT2D eigenvalue weighted by Gasteiger charge is -2.27. The predicted molar refractivity (Wildman–Crippen MR) is 69.9 cm³/mol. The Balaban J connectivity index is 2.58. The standard InChI is InChI=1S/C14H17NO3/c1-4-6-12(5-2)10-18-14(17)15-8-7-13(16)9-11(15)3/h4-8,11H,1-2,9-10H2,3H3/b12-6+. The van der Waals surface area contributed by atoms with Crippen LogP contribution in [0.4, 0.5) is 4.79 Å². The van der Waals surface area contributed by atoms with E-state index < -0.39 is 6.09 Å². The molecule has 96 valence electrons. The van der Waals surface area contributed by atoms with Gasteiger partial charge in [0.1, 0.15) is 6.61 Å². The van der Waals surface area contributed by atoms with Gasteiger partial charge in [-0.2, -0.15) is 0 Å². The molecule has 4 nitrogen and oxygen atoms in total.